The molecule has 1 amide bonds. The molecule has 1 N–H and O–H groups in total. The molecule has 2 aliphatic heterocycles. The third kappa shape index (κ3) is 5.67. The number of nitrogens with one attached hydrogen (secondary N) is 1. The topological polar surface area (TPSA) is 103 Å². The average molecular weight is 497 g/mol. The summed E-state index contributed by atoms with van der Waals surface area (Å²) >= 11 is 0. The van der Waals surface area contributed by atoms with Crippen LogP contribution in [-0.4, -0.2) is 63.4 Å². The number of nitrogens with zero attached hydrogens (tertiary/aromatic N) is 3. The highest BCUT2D eigenvalue weighted by atomic mass is 32.2. The highest BCUT2D eigenvalue weighted by Gasteiger charge is 2.33. The summed E-state index contributed by atoms with van der Waals surface area (Å²) in [6.07, 6.45) is 3.24. The number of piperidine rings is 1. The summed E-state index contributed by atoms with van der Waals surface area (Å²) in [6.45, 7) is 3.06. The van der Waals surface area contributed by atoms with Crippen LogP contribution in [0.15, 0.2) is 53.4 Å². The van der Waals surface area contributed by atoms with Gasteiger partial charge in [0.15, 0.2) is 0 Å². The third-order valence-electron chi connectivity index (χ3n) is 6.99. The molecule has 2 saturated heterocycles. The largest absolute Gasteiger partial charge is 0.496 e. The molecule has 186 valence electrons. The number of para-hydroxylation sites is 1. The van der Waals surface area contributed by atoms with Crippen LogP contribution in [0.25, 0.3) is 0 Å². The molecule has 4 rings (SSSR count). The van der Waals surface area contributed by atoms with Gasteiger partial charge in [0.1, 0.15) is 5.75 Å². The number of benzene rings is 2. The van der Waals surface area contributed by atoms with E-state index in [0.717, 1.165) is 37.2 Å². The minimum absolute atomic E-state index is 0.0282. The summed E-state index contributed by atoms with van der Waals surface area (Å²) in [5.41, 5.74) is 1.49. The number of sulfonamides is 1. The molecule has 2 aliphatic rings. The Morgan fingerprint density at radius 1 is 1.09 bits per heavy atom. The smallest absolute Gasteiger partial charge is 0.243 e. The fourth-order valence-corrected chi connectivity index (χ4v) is 6.45. The predicted octanol–water partition coefficient (Wildman–Crippen LogP) is 2.92. The highest BCUT2D eigenvalue weighted by molar-refractivity contribution is 7.89. The summed E-state index contributed by atoms with van der Waals surface area (Å²) in [6, 6.07) is 15.9. The maximum absolute atomic E-state index is 13.0. The summed E-state index contributed by atoms with van der Waals surface area (Å²) in [5.74, 6) is 0.568. The Balaban J connectivity index is 1.36. The second-order valence-electron chi connectivity index (χ2n) is 9.06. The quantitative estimate of drug-likeness (QED) is 0.603. The van der Waals surface area contributed by atoms with Crippen molar-refractivity contribution in [2.24, 2.45) is 5.92 Å². The van der Waals surface area contributed by atoms with Crippen LogP contribution in [0.1, 0.15) is 42.9 Å². The first-order chi connectivity index (χ1) is 16.9. The van der Waals surface area contributed by atoms with Gasteiger partial charge in [0.25, 0.3) is 0 Å². The molecule has 0 aromatic heterocycles. The molecule has 0 radical (unpaired) electrons. The normalized spacial score (nSPS) is 18.6. The number of ether oxygens (including phenoxy) is 1. The van der Waals surface area contributed by atoms with E-state index in [4.69, 9.17) is 10.00 Å². The number of rotatable bonds is 8. The standard InChI is InChI=1S/C26H32N4O4S/c1-34-25-7-3-2-6-23(25)24(29-14-4-5-15-29)19-28-26(31)21-12-16-30(17-13-21)35(32,33)22-10-8-20(18-27)9-11-22/h2-3,6-11,21,24H,4-5,12-17,19H2,1H3,(H,28,31)/t24-/m1/s1. The minimum Gasteiger partial charge on any atom is -0.496 e. The number of likely N-dealkylation sites (tertiary alicyclic amines) is 1. The van der Waals surface area contributed by atoms with E-state index in [1.54, 1.807) is 7.11 Å². The van der Waals surface area contributed by atoms with Crippen molar-refractivity contribution >= 4 is 15.9 Å². The summed E-state index contributed by atoms with van der Waals surface area (Å²) in [4.78, 5) is 15.6. The molecule has 0 aliphatic carbocycles. The Bertz CT molecular complexity index is 1160. The van der Waals surface area contributed by atoms with Crippen LogP contribution in [0, 0.1) is 17.2 Å². The molecule has 0 bridgehead atoms. The van der Waals surface area contributed by atoms with Crippen molar-refractivity contribution in [3.05, 3.63) is 59.7 Å². The van der Waals surface area contributed by atoms with E-state index in [1.807, 2.05) is 24.3 Å². The average Bonchev–Trinajstić information content (AvgIpc) is 3.44. The number of methoxy groups -OCH3 is 1. The Morgan fingerprint density at radius 2 is 1.74 bits per heavy atom. The second kappa shape index (κ2) is 11.2. The van der Waals surface area contributed by atoms with Crippen molar-refractivity contribution in [2.75, 3.05) is 39.8 Å². The van der Waals surface area contributed by atoms with Gasteiger partial charge < -0.3 is 10.1 Å². The van der Waals surface area contributed by atoms with Crippen LogP contribution in [0.5, 0.6) is 5.75 Å². The molecular weight excluding hydrogens is 464 g/mol. The van der Waals surface area contributed by atoms with Gasteiger partial charge in [0.2, 0.25) is 15.9 Å². The van der Waals surface area contributed by atoms with Gasteiger partial charge in [0, 0.05) is 31.1 Å². The van der Waals surface area contributed by atoms with E-state index in [2.05, 4.69) is 16.3 Å². The first-order valence-electron chi connectivity index (χ1n) is 12.1. The van der Waals surface area contributed by atoms with E-state index >= 15 is 0 Å². The van der Waals surface area contributed by atoms with Gasteiger partial charge in [-0.25, -0.2) is 8.42 Å². The van der Waals surface area contributed by atoms with Crippen LogP contribution in [0.4, 0.5) is 0 Å². The van der Waals surface area contributed by atoms with Crippen LogP contribution >= 0.6 is 0 Å². The lowest BCUT2D eigenvalue weighted by Gasteiger charge is -2.32. The molecule has 2 heterocycles. The van der Waals surface area contributed by atoms with E-state index in [0.29, 0.717) is 38.0 Å². The fourth-order valence-electron chi connectivity index (χ4n) is 4.98. The van der Waals surface area contributed by atoms with Crippen molar-refractivity contribution < 1.29 is 17.9 Å². The lowest BCUT2D eigenvalue weighted by atomic mass is 9.96. The highest BCUT2D eigenvalue weighted by Crippen LogP contribution is 2.31. The molecule has 8 nitrogen and oxygen atoms in total. The molecule has 35 heavy (non-hydrogen) atoms. The zero-order chi connectivity index (χ0) is 24.8. The lowest BCUT2D eigenvalue weighted by molar-refractivity contribution is -0.126. The van der Waals surface area contributed by atoms with Crippen LogP contribution in [-0.2, 0) is 14.8 Å². The number of hydrogen-bond acceptors (Lipinski definition) is 6. The van der Waals surface area contributed by atoms with Gasteiger partial charge in [-0.2, -0.15) is 9.57 Å². The van der Waals surface area contributed by atoms with Crippen molar-refractivity contribution in [1.82, 2.24) is 14.5 Å². The molecular formula is C26H32N4O4S. The number of carbonyl (C=O) groups is 1. The molecule has 9 heteroatoms. The summed E-state index contributed by atoms with van der Waals surface area (Å²) in [7, 11) is -1.98. The SMILES string of the molecule is COc1ccccc1[C@@H](CNC(=O)C1CCN(S(=O)(=O)c2ccc(C#N)cc2)CC1)N1CCCC1. The predicted molar refractivity (Wildman–Crippen MR) is 132 cm³/mol. The molecule has 0 spiro atoms. The third-order valence-corrected chi connectivity index (χ3v) is 8.91. The Labute approximate surface area is 207 Å². The van der Waals surface area contributed by atoms with Crippen LogP contribution in [0.2, 0.25) is 0 Å². The Hall–Kier alpha value is -2.93. The monoisotopic (exact) mass is 496 g/mol. The number of hydrogen-bond donors (Lipinski definition) is 1. The molecule has 2 aromatic carbocycles. The van der Waals surface area contributed by atoms with E-state index < -0.39 is 10.0 Å². The first kappa shape index (κ1) is 25.2. The van der Waals surface area contributed by atoms with Gasteiger partial charge >= 0.3 is 0 Å². The lowest BCUT2D eigenvalue weighted by Crippen LogP contribution is -2.44. The number of amides is 1. The number of nitriles is 1. The molecule has 0 saturated carbocycles. The Kier molecular flexibility index (Phi) is 8.06. The van der Waals surface area contributed by atoms with E-state index in [9.17, 15) is 13.2 Å². The maximum atomic E-state index is 13.0. The second-order valence-corrected chi connectivity index (χ2v) is 11.0. The van der Waals surface area contributed by atoms with Crippen molar-refractivity contribution in [3.8, 4) is 11.8 Å². The minimum atomic E-state index is -3.65. The zero-order valence-electron chi connectivity index (χ0n) is 20.0. The van der Waals surface area contributed by atoms with Gasteiger partial charge in [-0.3, -0.25) is 9.69 Å². The molecule has 1 atom stereocenters. The van der Waals surface area contributed by atoms with Crippen molar-refractivity contribution in [2.45, 2.75) is 36.6 Å². The van der Waals surface area contributed by atoms with Crippen LogP contribution < -0.4 is 10.1 Å². The summed E-state index contributed by atoms with van der Waals surface area (Å²) < 4.78 is 33.0. The van der Waals surface area contributed by atoms with Gasteiger partial charge in [-0.05, 0) is 69.1 Å². The zero-order valence-corrected chi connectivity index (χ0v) is 20.8. The molecule has 2 fully saturated rings. The summed E-state index contributed by atoms with van der Waals surface area (Å²) in [5, 5.41) is 12.1. The van der Waals surface area contributed by atoms with Gasteiger partial charge in [0.05, 0.1) is 29.7 Å². The Morgan fingerprint density at radius 3 is 2.37 bits per heavy atom. The first-order valence-corrected chi connectivity index (χ1v) is 13.5. The molecule has 0 unspecified atom stereocenters. The van der Waals surface area contributed by atoms with Gasteiger partial charge in [-0.1, -0.05) is 18.2 Å². The van der Waals surface area contributed by atoms with E-state index in [-0.39, 0.29) is 22.8 Å². The maximum Gasteiger partial charge on any atom is 0.243 e. The van der Waals surface area contributed by atoms with Crippen molar-refractivity contribution in [1.29, 1.82) is 5.26 Å². The number of carbonyl (C=O) groups excluding carboxylic acids is 1. The van der Waals surface area contributed by atoms with Crippen LogP contribution in [0.3, 0.4) is 0 Å². The fraction of sp³-hybridized carbons (Fsp3) is 0.462. The van der Waals surface area contributed by atoms with Crippen molar-refractivity contribution in [3.63, 3.8) is 0 Å². The van der Waals surface area contributed by atoms with Gasteiger partial charge in [-0.15, -0.1) is 0 Å². The molecule has 2 aromatic rings. The van der Waals surface area contributed by atoms with E-state index in [1.165, 1.54) is 28.6 Å².